The minimum absolute atomic E-state index is 0.0600. The van der Waals surface area contributed by atoms with E-state index in [-0.39, 0.29) is 11.3 Å². The third kappa shape index (κ3) is 2.15. The highest BCUT2D eigenvalue weighted by Gasteiger charge is 2.37. The van der Waals surface area contributed by atoms with Gasteiger partial charge in [0.1, 0.15) is 18.2 Å². The van der Waals surface area contributed by atoms with Crippen LogP contribution in [0, 0.1) is 6.92 Å². The molecule has 30 heavy (non-hydrogen) atoms. The van der Waals surface area contributed by atoms with Crippen molar-refractivity contribution in [1.29, 1.82) is 0 Å². The van der Waals surface area contributed by atoms with Gasteiger partial charge in [0, 0.05) is 48.3 Å². The zero-order valence-electron chi connectivity index (χ0n) is 22.7. The fourth-order valence-corrected chi connectivity index (χ4v) is 4.67. The summed E-state index contributed by atoms with van der Waals surface area (Å²) in [5, 5.41) is 1.67. The van der Waals surface area contributed by atoms with Crippen LogP contribution in [0.3, 0.4) is 0 Å². The SMILES string of the molecule is [2H]C([2H])([2H])C1(C([2H])([2H])[2H])c2cc3oc4c(-c5cccc[n+]5C)c(C)ccc4c3cc2-c2cccnc21. The van der Waals surface area contributed by atoms with Gasteiger partial charge in [0.25, 0.3) is 0 Å². The van der Waals surface area contributed by atoms with E-state index in [0.717, 1.165) is 27.6 Å². The molecule has 3 aromatic heterocycles. The van der Waals surface area contributed by atoms with Gasteiger partial charge in [0.2, 0.25) is 5.69 Å². The first kappa shape index (κ1) is 12.3. The molecule has 0 bridgehead atoms. The lowest BCUT2D eigenvalue weighted by Gasteiger charge is -2.19. The number of nitrogens with zero attached hydrogens (tertiary/aromatic N) is 2. The summed E-state index contributed by atoms with van der Waals surface area (Å²) in [4.78, 5) is 4.32. The van der Waals surface area contributed by atoms with Gasteiger partial charge in [0.15, 0.2) is 6.20 Å². The van der Waals surface area contributed by atoms with Crippen molar-refractivity contribution in [2.24, 2.45) is 7.05 Å². The van der Waals surface area contributed by atoms with Crippen molar-refractivity contribution in [1.82, 2.24) is 4.98 Å². The summed E-state index contributed by atoms with van der Waals surface area (Å²) in [7, 11) is 1.97. The van der Waals surface area contributed by atoms with Crippen LogP contribution in [-0.2, 0) is 12.5 Å². The number of hydrogen-bond donors (Lipinski definition) is 0. The molecule has 3 heteroatoms. The van der Waals surface area contributed by atoms with Crippen molar-refractivity contribution < 1.29 is 17.2 Å². The van der Waals surface area contributed by atoms with E-state index in [0.29, 0.717) is 22.3 Å². The molecule has 146 valence electrons. The first-order valence-electron chi connectivity index (χ1n) is 12.9. The van der Waals surface area contributed by atoms with Crippen LogP contribution in [0.25, 0.3) is 44.3 Å². The molecular weight excluding hydrogens is 368 g/mol. The van der Waals surface area contributed by atoms with E-state index in [1.807, 2.05) is 61.1 Å². The lowest BCUT2D eigenvalue weighted by Crippen LogP contribution is -2.30. The molecule has 2 aromatic carbocycles. The highest BCUT2D eigenvalue weighted by molar-refractivity contribution is 6.11. The topological polar surface area (TPSA) is 29.9 Å². The maximum Gasteiger partial charge on any atom is 0.216 e. The van der Waals surface area contributed by atoms with Gasteiger partial charge in [-0.25, -0.2) is 4.57 Å². The number of pyridine rings is 2. The Morgan fingerprint density at radius 1 is 1.00 bits per heavy atom. The zero-order chi connectivity index (χ0) is 25.6. The normalized spacial score (nSPS) is 18.1. The molecular formula is C27H23N2O+. The smallest absolute Gasteiger partial charge is 0.216 e. The third-order valence-corrected chi connectivity index (χ3v) is 6.16. The Morgan fingerprint density at radius 3 is 2.73 bits per heavy atom. The molecule has 0 radical (unpaired) electrons. The van der Waals surface area contributed by atoms with Crippen molar-refractivity contribution in [3.63, 3.8) is 0 Å². The van der Waals surface area contributed by atoms with Crippen LogP contribution in [-0.4, -0.2) is 4.98 Å². The van der Waals surface area contributed by atoms with Gasteiger partial charge >= 0.3 is 0 Å². The number of benzene rings is 2. The predicted molar refractivity (Wildman–Crippen MR) is 120 cm³/mol. The molecule has 0 fully saturated rings. The number of aromatic nitrogens is 2. The Labute approximate surface area is 184 Å². The fourth-order valence-electron chi connectivity index (χ4n) is 4.67. The van der Waals surface area contributed by atoms with Crippen molar-refractivity contribution in [3.05, 3.63) is 83.8 Å². The average molecular weight is 398 g/mol. The van der Waals surface area contributed by atoms with Crippen LogP contribution in [0.5, 0.6) is 0 Å². The van der Waals surface area contributed by atoms with Crippen LogP contribution >= 0.6 is 0 Å². The Hall–Kier alpha value is -3.46. The van der Waals surface area contributed by atoms with Crippen LogP contribution in [0.15, 0.2) is 71.4 Å². The van der Waals surface area contributed by atoms with Crippen LogP contribution < -0.4 is 4.57 Å². The summed E-state index contributed by atoms with van der Waals surface area (Å²) in [5.74, 6) is 0. The summed E-state index contributed by atoms with van der Waals surface area (Å²) in [5.41, 5.74) is 3.15. The fraction of sp³-hybridized carbons (Fsp3) is 0.185. The molecule has 0 unspecified atom stereocenters. The van der Waals surface area contributed by atoms with Crippen LogP contribution in [0.4, 0.5) is 0 Å². The predicted octanol–water partition coefficient (Wildman–Crippen LogP) is 6.09. The third-order valence-electron chi connectivity index (χ3n) is 6.16. The van der Waals surface area contributed by atoms with Gasteiger partial charge in [-0.3, -0.25) is 4.98 Å². The largest absolute Gasteiger partial charge is 0.455 e. The molecule has 0 aliphatic heterocycles. The first-order valence-corrected chi connectivity index (χ1v) is 9.88. The minimum Gasteiger partial charge on any atom is -0.455 e. The molecule has 0 amide bonds. The van der Waals surface area contributed by atoms with Crippen molar-refractivity contribution >= 4 is 21.9 Å². The van der Waals surface area contributed by atoms with Crippen LogP contribution in [0.2, 0.25) is 0 Å². The second-order valence-corrected chi connectivity index (χ2v) is 7.98. The Balaban J connectivity index is 1.76. The van der Waals surface area contributed by atoms with E-state index in [1.165, 1.54) is 6.20 Å². The molecule has 0 N–H and O–H groups in total. The van der Waals surface area contributed by atoms with Crippen molar-refractivity contribution in [2.45, 2.75) is 26.0 Å². The van der Waals surface area contributed by atoms with Crippen molar-refractivity contribution in [3.8, 4) is 22.4 Å². The molecule has 0 atom stereocenters. The Bertz CT molecular complexity index is 1680. The highest BCUT2D eigenvalue weighted by atomic mass is 16.3. The number of aryl methyl sites for hydroxylation is 2. The Kier molecular flexibility index (Phi) is 2.37. The monoisotopic (exact) mass is 397 g/mol. The first-order chi connectivity index (χ1) is 17.0. The van der Waals surface area contributed by atoms with Crippen molar-refractivity contribution in [2.75, 3.05) is 0 Å². The summed E-state index contributed by atoms with van der Waals surface area (Å²) >= 11 is 0. The molecule has 1 aliphatic rings. The summed E-state index contributed by atoms with van der Waals surface area (Å²) in [6.07, 6.45) is 3.42. The lowest BCUT2D eigenvalue weighted by atomic mass is 9.85. The average Bonchev–Trinajstić information content (AvgIpc) is 3.30. The molecule has 3 nitrogen and oxygen atoms in total. The lowest BCUT2D eigenvalue weighted by molar-refractivity contribution is -0.660. The standard InChI is InChI=1S/C27H23N2O/c1-16-10-11-17-20-14-19-18-8-7-12-28-26(18)27(2,3)21(19)15-23(20)30-25(17)24(16)22-9-5-6-13-29(22)4/h5-15H,1-4H3/q+1/i2D3,3D3. The second-order valence-electron chi connectivity index (χ2n) is 7.98. The number of fused-ring (bicyclic) bond motifs is 6. The summed E-state index contributed by atoms with van der Waals surface area (Å²) in [6, 6.07) is 16.9. The summed E-state index contributed by atoms with van der Waals surface area (Å²) in [6.45, 7) is -3.72. The molecule has 0 saturated carbocycles. The second kappa shape index (κ2) is 5.79. The van der Waals surface area contributed by atoms with Gasteiger partial charge < -0.3 is 4.42 Å². The quantitative estimate of drug-likeness (QED) is 0.321. The van der Waals surface area contributed by atoms with E-state index < -0.39 is 19.1 Å². The molecule has 6 rings (SSSR count). The molecule has 0 saturated heterocycles. The number of hydrogen-bond acceptors (Lipinski definition) is 2. The summed E-state index contributed by atoms with van der Waals surface area (Å²) < 4.78 is 58.9. The van der Waals surface area contributed by atoms with Gasteiger partial charge in [-0.15, -0.1) is 0 Å². The number of furan rings is 1. The van der Waals surface area contributed by atoms with E-state index in [2.05, 4.69) is 4.98 Å². The highest BCUT2D eigenvalue weighted by Crippen LogP contribution is 2.50. The van der Waals surface area contributed by atoms with Gasteiger partial charge in [-0.05, 0) is 47.9 Å². The van der Waals surface area contributed by atoms with E-state index in [4.69, 9.17) is 12.6 Å². The van der Waals surface area contributed by atoms with E-state index in [1.54, 1.807) is 18.2 Å². The van der Waals surface area contributed by atoms with Gasteiger partial charge in [-0.2, -0.15) is 0 Å². The maximum atomic E-state index is 8.41. The maximum absolute atomic E-state index is 8.41. The minimum atomic E-state index is -2.87. The molecule has 3 heterocycles. The van der Waals surface area contributed by atoms with Gasteiger partial charge in [-0.1, -0.05) is 31.9 Å². The molecule has 0 spiro atoms. The zero-order valence-corrected chi connectivity index (χ0v) is 16.7. The van der Waals surface area contributed by atoms with E-state index >= 15 is 0 Å². The molecule has 1 aliphatic carbocycles. The van der Waals surface area contributed by atoms with E-state index in [9.17, 15) is 0 Å². The molecule has 5 aromatic rings. The van der Waals surface area contributed by atoms with Gasteiger partial charge in [0.05, 0.1) is 11.3 Å². The number of rotatable bonds is 1. The van der Waals surface area contributed by atoms with Crippen LogP contribution in [0.1, 0.15) is 38.7 Å². The Morgan fingerprint density at radius 2 is 1.90 bits per heavy atom.